The van der Waals surface area contributed by atoms with Crippen LogP contribution in [0.5, 0.6) is 0 Å². The summed E-state index contributed by atoms with van der Waals surface area (Å²) in [5, 5.41) is 7.68. The quantitative estimate of drug-likeness (QED) is 0.335. The van der Waals surface area contributed by atoms with Gasteiger partial charge in [0.1, 0.15) is 5.84 Å². The van der Waals surface area contributed by atoms with Crippen LogP contribution in [0.2, 0.25) is 0 Å². The van der Waals surface area contributed by atoms with E-state index in [0.717, 1.165) is 25.7 Å². The Bertz CT molecular complexity index is 455. The van der Waals surface area contributed by atoms with Crippen molar-refractivity contribution in [2.75, 3.05) is 6.61 Å². The van der Waals surface area contributed by atoms with Crippen molar-refractivity contribution in [3.05, 3.63) is 0 Å². The summed E-state index contributed by atoms with van der Waals surface area (Å²) in [4.78, 5) is 11.2. The third-order valence-electron chi connectivity index (χ3n) is 3.30. The van der Waals surface area contributed by atoms with Gasteiger partial charge in [-0.3, -0.25) is 5.41 Å². The normalized spacial score (nSPS) is 18.9. The van der Waals surface area contributed by atoms with Crippen molar-refractivity contribution in [1.82, 2.24) is 9.44 Å². The molecule has 1 aliphatic rings. The summed E-state index contributed by atoms with van der Waals surface area (Å²) < 4.78 is 32.5. The molecular formula is C11H22N4O4S. The number of hydrogen-bond acceptors (Lipinski definition) is 5. The number of nitrogens with one attached hydrogen (secondary N) is 3. The lowest BCUT2D eigenvalue weighted by molar-refractivity contribution is 0.158. The minimum absolute atomic E-state index is 0.0687. The van der Waals surface area contributed by atoms with Crippen molar-refractivity contribution < 1.29 is 17.9 Å². The first kappa shape index (κ1) is 16.7. The minimum atomic E-state index is -4.12. The Morgan fingerprint density at radius 2 is 1.85 bits per heavy atom. The van der Waals surface area contributed by atoms with Crippen LogP contribution < -0.4 is 15.2 Å². The zero-order chi connectivity index (χ0) is 15.2. The highest BCUT2D eigenvalue weighted by Gasteiger charge is 2.38. The Labute approximate surface area is 119 Å². The molecule has 0 aromatic heterocycles. The van der Waals surface area contributed by atoms with Crippen LogP contribution in [-0.2, 0) is 14.9 Å². The van der Waals surface area contributed by atoms with Gasteiger partial charge in [-0.2, -0.15) is 13.1 Å². The average molecular weight is 306 g/mol. The van der Waals surface area contributed by atoms with Gasteiger partial charge in [0, 0.05) is 0 Å². The van der Waals surface area contributed by atoms with Gasteiger partial charge in [0.25, 0.3) is 0 Å². The van der Waals surface area contributed by atoms with E-state index in [0.29, 0.717) is 12.8 Å². The number of nitrogens with two attached hydrogens (primary N) is 1. The molecule has 1 rings (SSSR count). The summed E-state index contributed by atoms with van der Waals surface area (Å²) in [6.45, 7) is 1.64. The van der Waals surface area contributed by atoms with Crippen molar-refractivity contribution in [2.45, 2.75) is 51.0 Å². The summed E-state index contributed by atoms with van der Waals surface area (Å²) in [5.41, 5.74) is 4.46. The van der Waals surface area contributed by atoms with Crippen molar-refractivity contribution in [1.29, 1.82) is 5.41 Å². The first-order valence-electron chi connectivity index (χ1n) is 6.64. The van der Waals surface area contributed by atoms with Gasteiger partial charge < -0.3 is 10.5 Å². The highest BCUT2D eigenvalue weighted by Crippen LogP contribution is 2.27. The summed E-state index contributed by atoms with van der Waals surface area (Å²) in [5.74, 6) is -0.228. The van der Waals surface area contributed by atoms with E-state index in [9.17, 15) is 13.2 Å². The molecule has 1 fully saturated rings. The summed E-state index contributed by atoms with van der Waals surface area (Å²) in [7, 11) is -4.12. The highest BCUT2D eigenvalue weighted by atomic mass is 32.2. The first-order chi connectivity index (χ1) is 9.31. The lowest BCUT2D eigenvalue weighted by Crippen LogP contribution is -2.59. The molecule has 1 saturated carbocycles. The molecule has 9 heteroatoms. The van der Waals surface area contributed by atoms with E-state index in [-0.39, 0.29) is 12.4 Å². The molecule has 1 amide bonds. The topological polar surface area (TPSA) is 134 Å². The van der Waals surface area contributed by atoms with Gasteiger partial charge in [-0.15, -0.1) is 0 Å². The van der Waals surface area contributed by atoms with Crippen LogP contribution >= 0.6 is 0 Å². The summed E-state index contributed by atoms with van der Waals surface area (Å²) in [6, 6.07) is 0. The van der Waals surface area contributed by atoms with E-state index in [4.69, 9.17) is 11.1 Å². The van der Waals surface area contributed by atoms with Gasteiger partial charge in [-0.25, -0.2) is 9.52 Å². The highest BCUT2D eigenvalue weighted by molar-refractivity contribution is 7.88. The van der Waals surface area contributed by atoms with Crippen molar-refractivity contribution in [2.24, 2.45) is 5.73 Å². The molecule has 20 heavy (non-hydrogen) atoms. The van der Waals surface area contributed by atoms with Crippen molar-refractivity contribution in [3.63, 3.8) is 0 Å². The summed E-state index contributed by atoms with van der Waals surface area (Å²) >= 11 is 0. The van der Waals surface area contributed by atoms with Crippen LogP contribution in [-0.4, -0.2) is 32.5 Å². The average Bonchev–Trinajstić information content (AvgIpc) is 2.54. The number of amidine groups is 1. The Kier molecular flexibility index (Phi) is 5.75. The van der Waals surface area contributed by atoms with Gasteiger partial charge in [0.2, 0.25) is 0 Å². The molecule has 0 heterocycles. The van der Waals surface area contributed by atoms with E-state index in [1.165, 1.54) is 0 Å². The van der Waals surface area contributed by atoms with Gasteiger partial charge in [-0.1, -0.05) is 25.7 Å². The molecule has 0 aromatic rings. The fourth-order valence-corrected chi connectivity index (χ4v) is 3.47. The molecule has 0 aromatic carbocycles. The van der Waals surface area contributed by atoms with Crippen molar-refractivity contribution >= 4 is 22.1 Å². The smallest absolute Gasteiger partial charge is 0.421 e. The Balaban J connectivity index is 2.83. The molecule has 0 aliphatic heterocycles. The molecule has 0 saturated heterocycles. The maximum Gasteiger partial charge on any atom is 0.421 e. The molecule has 0 unspecified atom stereocenters. The second-order valence-electron chi connectivity index (χ2n) is 4.84. The molecule has 0 bridgehead atoms. The van der Waals surface area contributed by atoms with Crippen LogP contribution in [0.3, 0.4) is 0 Å². The molecule has 116 valence electrons. The minimum Gasteiger partial charge on any atom is -0.449 e. The monoisotopic (exact) mass is 306 g/mol. The Morgan fingerprint density at radius 3 is 2.30 bits per heavy atom. The second-order valence-corrected chi connectivity index (χ2v) is 6.25. The fraction of sp³-hybridized carbons (Fsp3) is 0.818. The maximum absolute atomic E-state index is 11.9. The van der Waals surface area contributed by atoms with E-state index in [1.54, 1.807) is 11.6 Å². The number of rotatable bonds is 5. The third-order valence-corrected chi connectivity index (χ3v) is 4.39. The van der Waals surface area contributed by atoms with Gasteiger partial charge in [0.15, 0.2) is 0 Å². The molecule has 1 aliphatic carbocycles. The second kappa shape index (κ2) is 6.89. The predicted molar refractivity (Wildman–Crippen MR) is 74.6 cm³/mol. The maximum atomic E-state index is 11.9. The number of carbonyl (C=O) groups is 1. The van der Waals surface area contributed by atoms with Crippen LogP contribution in [0, 0.1) is 5.41 Å². The van der Waals surface area contributed by atoms with Gasteiger partial charge in [-0.05, 0) is 19.8 Å². The van der Waals surface area contributed by atoms with Gasteiger partial charge >= 0.3 is 16.3 Å². The Morgan fingerprint density at radius 1 is 1.30 bits per heavy atom. The Hall–Kier alpha value is -1.35. The zero-order valence-electron chi connectivity index (χ0n) is 11.6. The number of ether oxygens (including phenoxy) is 1. The number of hydrogen-bond donors (Lipinski definition) is 4. The van der Waals surface area contributed by atoms with Crippen molar-refractivity contribution in [3.8, 4) is 0 Å². The predicted octanol–water partition coefficient (Wildman–Crippen LogP) is 0.596. The zero-order valence-corrected chi connectivity index (χ0v) is 12.4. The molecule has 0 atom stereocenters. The molecular weight excluding hydrogens is 284 g/mol. The molecule has 5 N–H and O–H groups in total. The van der Waals surface area contributed by atoms with E-state index >= 15 is 0 Å². The lowest BCUT2D eigenvalue weighted by atomic mass is 9.90. The van der Waals surface area contributed by atoms with Crippen LogP contribution in [0.15, 0.2) is 0 Å². The molecule has 0 radical (unpaired) electrons. The summed E-state index contributed by atoms with van der Waals surface area (Å²) in [6.07, 6.45) is 3.36. The van der Waals surface area contributed by atoms with Crippen LogP contribution in [0.25, 0.3) is 0 Å². The van der Waals surface area contributed by atoms with E-state index in [2.05, 4.69) is 9.46 Å². The van der Waals surface area contributed by atoms with Crippen LogP contribution in [0.4, 0.5) is 4.79 Å². The molecule has 0 spiro atoms. The number of amides is 1. The standard InChI is InChI=1S/C11H22N4O4S/c1-2-19-10(16)14-20(17,18)15-11(9(12)13)7-5-3-4-6-8-11/h15H,2-8H2,1H3,(H3,12,13)(H,14,16). The van der Waals surface area contributed by atoms with Gasteiger partial charge in [0.05, 0.1) is 12.1 Å². The van der Waals surface area contributed by atoms with Crippen LogP contribution in [0.1, 0.15) is 45.4 Å². The van der Waals surface area contributed by atoms with E-state index in [1.807, 2.05) is 0 Å². The largest absolute Gasteiger partial charge is 0.449 e. The molecule has 8 nitrogen and oxygen atoms in total. The first-order valence-corrected chi connectivity index (χ1v) is 8.12. The fourth-order valence-electron chi connectivity index (χ4n) is 2.31. The lowest BCUT2D eigenvalue weighted by Gasteiger charge is -2.31. The third kappa shape index (κ3) is 4.64. The number of carbonyl (C=O) groups excluding carboxylic acids is 1. The SMILES string of the molecule is CCOC(=O)NS(=O)(=O)NC1(C(=N)N)CCCCCC1. The van der Waals surface area contributed by atoms with E-state index < -0.39 is 21.8 Å².